The summed E-state index contributed by atoms with van der Waals surface area (Å²) in [5.74, 6) is 1.54. The maximum Gasteiger partial charge on any atom is 0.0844 e. The number of ether oxygens (including phenoxy) is 1. The van der Waals surface area contributed by atoms with Gasteiger partial charge in [0.2, 0.25) is 0 Å². The van der Waals surface area contributed by atoms with Crippen molar-refractivity contribution in [3.63, 3.8) is 0 Å². The fourth-order valence-electron chi connectivity index (χ4n) is 2.83. The first-order chi connectivity index (χ1) is 5.95. The van der Waals surface area contributed by atoms with Gasteiger partial charge in [0, 0.05) is 13.1 Å². The molecule has 1 saturated heterocycles. The van der Waals surface area contributed by atoms with Crippen molar-refractivity contribution in [1.82, 2.24) is 5.32 Å². The van der Waals surface area contributed by atoms with E-state index in [1.54, 1.807) is 0 Å². The Kier molecular flexibility index (Phi) is 1.97. The quantitative estimate of drug-likeness (QED) is 0.618. The van der Waals surface area contributed by atoms with Crippen LogP contribution in [0.3, 0.4) is 0 Å². The molecule has 1 aliphatic heterocycles. The van der Waals surface area contributed by atoms with Gasteiger partial charge in [-0.2, -0.15) is 0 Å². The molecule has 0 aromatic carbocycles. The third-order valence-electron chi connectivity index (χ3n) is 3.81. The largest absolute Gasteiger partial charge is 0.366 e. The van der Waals surface area contributed by atoms with Crippen molar-refractivity contribution in [3.05, 3.63) is 0 Å². The van der Waals surface area contributed by atoms with E-state index in [-0.39, 0.29) is 11.2 Å². The molecule has 0 aromatic rings. The zero-order valence-electron chi connectivity index (χ0n) is 9.18. The van der Waals surface area contributed by atoms with Crippen LogP contribution in [-0.2, 0) is 4.74 Å². The van der Waals surface area contributed by atoms with Crippen molar-refractivity contribution in [3.8, 4) is 0 Å². The molecule has 1 N–H and O–H groups in total. The van der Waals surface area contributed by atoms with Gasteiger partial charge in [-0.3, -0.25) is 0 Å². The normalized spacial score (nSPS) is 48.9. The van der Waals surface area contributed by atoms with Crippen LogP contribution in [0.5, 0.6) is 0 Å². The summed E-state index contributed by atoms with van der Waals surface area (Å²) in [6.07, 6.45) is 1.23. The Hall–Kier alpha value is -0.0800. The third-order valence-corrected chi connectivity index (χ3v) is 3.81. The van der Waals surface area contributed by atoms with E-state index in [4.69, 9.17) is 4.74 Å². The number of rotatable bonds is 0. The van der Waals surface area contributed by atoms with E-state index in [1.807, 2.05) is 0 Å². The summed E-state index contributed by atoms with van der Waals surface area (Å²) in [5.41, 5.74) is 0.174. The van der Waals surface area contributed by atoms with E-state index in [1.165, 1.54) is 6.42 Å². The highest BCUT2D eigenvalue weighted by molar-refractivity contribution is 5.05. The van der Waals surface area contributed by atoms with Crippen molar-refractivity contribution in [2.45, 2.75) is 45.3 Å². The van der Waals surface area contributed by atoms with Crippen molar-refractivity contribution < 1.29 is 4.74 Å². The van der Waals surface area contributed by atoms with Crippen LogP contribution >= 0.6 is 0 Å². The highest BCUT2D eigenvalue weighted by Crippen LogP contribution is 2.48. The fraction of sp³-hybridized carbons (Fsp3) is 1.00. The van der Waals surface area contributed by atoms with E-state index < -0.39 is 0 Å². The lowest BCUT2D eigenvalue weighted by molar-refractivity contribution is -0.242. The van der Waals surface area contributed by atoms with E-state index >= 15 is 0 Å². The smallest absolute Gasteiger partial charge is 0.0844 e. The topological polar surface area (TPSA) is 21.3 Å². The zero-order valence-corrected chi connectivity index (χ0v) is 9.18. The fourth-order valence-corrected chi connectivity index (χ4v) is 2.83. The van der Waals surface area contributed by atoms with Gasteiger partial charge in [0.05, 0.1) is 11.2 Å². The molecule has 0 radical (unpaired) electrons. The van der Waals surface area contributed by atoms with Crippen LogP contribution in [0.15, 0.2) is 0 Å². The molecule has 1 spiro atoms. The van der Waals surface area contributed by atoms with Gasteiger partial charge in [-0.05, 0) is 32.1 Å². The lowest BCUT2D eigenvalue weighted by Gasteiger charge is -2.58. The molecule has 1 heterocycles. The summed E-state index contributed by atoms with van der Waals surface area (Å²) in [5, 5.41) is 3.49. The van der Waals surface area contributed by atoms with Gasteiger partial charge in [0.15, 0.2) is 0 Å². The van der Waals surface area contributed by atoms with E-state index in [9.17, 15) is 0 Å². The lowest BCUT2D eigenvalue weighted by Crippen LogP contribution is -2.67. The average Bonchev–Trinajstić information content (AvgIpc) is 2.02. The van der Waals surface area contributed by atoms with Gasteiger partial charge in [0.25, 0.3) is 0 Å². The Balaban J connectivity index is 2.08. The van der Waals surface area contributed by atoms with Crippen LogP contribution in [-0.4, -0.2) is 24.3 Å². The van der Waals surface area contributed by atoms with Crippen LogP contribution in [0.1, 0.15) is 34.1 Å². The first kappa shape index (κ1) is 9.47. The predicted molar refractivity (Wildman–Crippen MR) is 53.7 cm³/mol. The third kappa shape index (κ3) is 1.40. The van der Waals surface area contributed by atoms with Crippen LogP contribution in [0.25, 0.3) is 0 Å². The number of hydrogen-bond donors (Lipinski definition) is 1. The molecule has 0 bridgehead atoms. The highest BCUT2D eigenvalue weighted by atomic mass is 16.5. The molecular weight excluding hydrogens is 162 g/mol. The lowest BCUT2D eigenvalue weighted by atomic mass is 9.62. The second-order valence-electron chi connectivity index (χ2n) is 5.50. The Bertz CT molecular complexity index is 210. The zero-order chi connectivity index (χ0) is 9.69. The molecule has 1 saturated carbocycles. The molecule has 3 unspecified atom stereocenters. The number of nitrogens with one attached hydrogen (secondary N) is 1. The van der Waals surface area contributed by atoms with Gasteiger partial charge in [0.1, 0.15) is 0 Å². The average molecular weight is 183 g/mol. The summed E-state index contributed by atoms with van der Waals surface area (Å²) in [6, 6.07) is 0. The van der Waals surface area contributed by atoms with Gasteiger partial charge >= 0.3 is 0 Å². The van der Waals surface area contributed by atoms with Gasteiger partial charge in [-0.15, -0.1) is 0 Å². The maximum absolute atomic E-state index is 6.22. The first-order valence-corrected chi connectivity index (χ1v) is 5.36. The second kappa shape index (κ2) is 2.71. The molecule has 0 amide bonds. The van der Waals surface area contributed by atoms with E-state index in [2.05, 4.69) is 33.0 Å². The van der Waals surface area contributed by atoms with Gasteiger partial charge < -0.3 is 10.1 Å². The Morgan fingerprint density at radius 3 is 2.38 bits per heavy atom. The molecule has 2 aliphatic rings. The SMILES string of the molecule is CC1CC2(CNCC(C)(C)O2)C1C. The molecule has 2 heteroatoms. The molecule has 13 heavy (non-hydrogen) atoms. The first-order valence-electron chi connectivity index (χ1n) is 5.36. The van der Waals surface area contributed by atoms with E-state index in [0.717, 1.165) is 19.0 Å². The second-order valence-corrected chi connectivity index (χ2v) is 5.50. The Labute approximate surface area is 81.0 Å². The molecule has 2 fully saturated rings. The predicted octanol–water partition coefficient (Wildman–Crippen LogP) is 1.80. The van der Waals surface area contributed by atoms with Gasteiger partial charge in [-0.25, -0.2) is 0 Å². The van der Waals surface area contributed by atoms with Crippen molar-refractivity contribution in [1.29, 1.82) is 0 Å². The Morgan fingerprint density at radius 2 is 1.92 bits per heavy atom. The summed E-state index contributed by atoms with van der Waals surface area (Å²) in [7, 11) is 0. The van der Waals surface area contributed by atoms with Crippen LogP contribution in [0.2, 0.25) is 0 Å². The van der Waals surface area contributed by atoms with Gasteiger partial charge in [-0.1, -0.05) is 13.8 Å². The van der Waals surface area contributed by atoms with E-state index in [0.29, 0.717) is 5.92 Å². The van der Waals surface area contributed by atoms with Crippen LogP contribution < -0.4 is 5.32 Å². The molecule has 3 atom stereocenters. The molecule has 2 nitrogen and oxygen atoms in total. The number of morpholine rings is 1. The minimum Gasteiger partial charge on any atom is -0.366 e. The number of hydrogen-bond acceptors (Lipinski definition) is 2. The molecule has 0 aromatic heterocycles. The summed E-state index contributed by atoms with van der Waals surface area (Å²) < 4.78 is 6.22. The van der Waals surface area contributed by atoms with Crippen molar-refractivity contribution >= 4 is 0 Å². The van der Waals surface area contributed by atoms with Crippen LogP contribution in [0.4, 0.5) is 0 Å². The van der Waals surface area contributed by atoms with Crippen LogP contribution in [0, 0.1) is 11.8 Å². The molecular formula is C11H21NO. The molecule has 1 aliphatic carbocycles. The standard InChI is InChI=1S/C11H21NO/c1-8-5-11(9(8)2)7-12-6-10(3,4)13-11/h8-9,12H,5-7H2,1-4H3. The summed E-state index contributed by atoms with van der Waals surface area (Å²) in [6.45, 7) is 11.0. The molecule has 2 rings (SSSR count). The Morgan fingerprint density at radius 1 is 1.23 bits per heavy atom. The minimum atomic E-state index is 0.0205. The maximum atomic E-state index is 6.22. The summed E-state index contributed by atoms with van der Waals surface area (Å²) in [4.78, 5) is 0. The minimum absolute atomic E-state index is 0.0205. The van der Waals surface area contributed by atoms with Crippen molar-refractivity contribution in [2.24, 2.45) is 11.8 Å². The molecule has 76 valence electrons. The summed E-state index contributed by atoms with van der Waals surface area (Å²) >= 11 is 0. The highest BCUT2D eigenvalue weighted by Gasteiger charge is 2.54. The van der Waals surface area contributed by atoms with Crippen molar-refractivity contribution in [2.75, 3.05) is 13.1 Å². The monoisotopic (exact) mass is 183 g/mol.